The van der Waals surface area contributed by atoms with Crippen molar-refractivity contribution in [1.82, 2.24) is 5.32 Å². The molecule has 0 spiro atoms. The van der Waals surface area contributed by atoms with Crippen LogP contribution in [0.5, 0.6) is 0 Å². The summed E-state index contributed by atoms with van der Waals surface area (Å²) >= 11 is 0. The summed E-state index contributed by atoms with van der Waals surface area (Å²) in [4.78, 5) is 12.3. The standard InChI is InChI=1S/C35H69NO3/c1-3-5-7-9-11-13-15-17-19-20-22-24-26-28-30-34(38)33(32-37)36-35(39)31-29-27-25-23-21-18-16-14-12-10-8-6-4-2/h28,30,33-34,37-38H,3-27,29,31-32H2,1-2H3,(H,36,39)/t33-,34+/m0/s1. The summed E-state index contributed by atoms with van der Waals surface area (Å²) in [6, 6.07) is -0.613. The molecule has 0 aromatic heterocycles. The van der Waals surface area contributed by atoms with Gasteiger partial charge in [-0.1, -0.05) is 174 Å². The van der Waals surface area contributed by atoms with Crippen LogP contribution in [0.3, 0.4) is 0 Å². The number of hydrogen-bond acceptors (Lipinski definition) is 3. The highest BCUT2D eigenvalue weighted by molar-refractivity contribution is 5.76. The highest BCUT2D eigenvalue weighted by atomic mass is 16.3. The van der Waals surface area contributed by atoms with Crippen LogP contribution < -0.4 is 5.32 Å². The minimum absolute atomic E-state index is 0.0643. The Hall–Kier alpha value is -0.870. The first kappa shape index (κ1) is 38.1. The van der Waals surface area contributed by atoms with Crippen LogP contribution in [0.4, 0.5) is 0 Å². The average Bonchev–Trinajstić information content (AvgIpc) is 2.94. The molecular weight excluding hydrogens is 482 g/mol. The molecule has 0 aromatic carbocycles. The molecule has 232 valence electrons. The van der Waals surface area contributed by atoms with E-state index < -0.39 is 12.1 Å². The maximum absolute atomic E-state index is 12.3. The number of carbonyl (C=O) groups excluding carboxylic acids is 1. The van der Waals surface area contributed by atoms with Crippen molar-refractivity contribution < 1.29 is 15.0 Å². The number of aliphatic hydroxyl groups excluding tert-OH is 2. The lowest BCUT2D eigenvalue weighted by atomic mass is 10.0. The monoisotopic (exact) mass is 552 g/mol. The third-order valence-electron chi connectivity index (χ3n) is 8.02. The lowest BCUT2D eigenvalue weighted by Crippen LogP contribution is -2.45. The van der Waals surface area contributed by atoms with Gasteiger partial charge in [0.15, 0.2) is 0 Å². The number of rotatable bonds is 31. The van der Waals surface area contributed by atoms with E-state index in [4.69, 9.17) is 0 Å². The van der Waals surface area contributed by atoms with Gasteiger partial charge in [0, 0.05) is 6.42 Å². The van der Waals surface area contributed by atoms with Gasteiger partial charge in [0.1, 0.15) is 0 Å². The summed E-state index contributed by atoms with van der Waals surface area (Å²) in [5, 5.41) is 22.8. The summed E-state index contributed by atoms with van der Waals surface area (Å²) in [6.07, 6.45) is 37.1. The zero-order chi connectivity index (χ0) is 28.7. The molecule has 4 heteroatoms. The van der Waals surface area contributed by atoms with Crippen molar-refractivity contribution >= 4 is 5.91 Å². The third kappa shape index (κ3) is 28.5. The second-order valence-electron chi connectivity index (χ2n) is 11.9. The molecule has 0 fully saturated rings. The Balaban J connectivity index is 3.62. The third-order valence-corrected chi connectivity index (χ3v) is 8.02. The molecule has 0 aliphatic heterocycles. The number of aliphatic hydroxyl groups is 2. The van der Waals surface area contributed by atoms with Gasteiger partial charge >= 0.3 is 0 Å². The Labute approximate surface area is 244 Å². The van der Waals surface area contributed by atoms with E-state index in [0.717, 1.165) is 25.7 Å². The van der Waals surface area contributed by atoms with Gasteiger partial charge in [-0.2, -0.15) is 0 Å². The van der Waals surface area contributed by atoms with E-state index in [0.29, 0.717) is 6.42 Å². The second-order valence-corrected chi connectivity index (χ2v) is 11.9. The van der Waals surface area contributed by atoms with Gasteiger partial charge in [-0.15, -0.1) is 0 Å². The Morgan fingerprint density at radius 3 is 1.33 bits per heavy atom. The molecule has 4 nitrogen and oxygen atoms in total. The van der Waals surface area contributed by atoms with E-state index in [1.807, 2.05) is 6.08 Å². The summed E-state index contributed by atoms with van der Waals surface area (Å²) in [5.74, 6) is -0.0643. The van der Waals surface area contributed by atoms with Gasteiger partial charge in [0.25, 0.3) is 0 Å². The van der Waals surface area contributed by atoms with E-state index in [9.17, 15) is 15.0 Å². The van der Waals surface area contributed by atoms with Crippen molar-refractivity contribution in [1.29, 1.82) is 0 Å². The first-order chi connectivity index (χ1) is 19.2. The van der Waals surface area contributed by atoms with Crippen LogP contribution in [-0.2, 0) is 4.79 Å². The molecule has 0 aliphatic rings. The minimum Gasteiger partial charge on any atom is -0.394 e. The predicted molar refractivity (Wildman–Crippen MR) is 170 cm³/mol. The topological polar surface area (TPSA) is 69.6 Å². The largest absolute Gasteiger partial charge is 0.394 e. The summed E-state index contributed by atoms with van der Waals surface area (Å²) < 4.78 is 0. The van der Waals surface area contributed by atoms with E-state index in [1.54, 1.807) is 6.08 Å². The minimum atomic E-state index is -0.831. The normalized spacial score (nSPS) is 13.2. The molecule has 3 N–H and O–H groups in total. The zero-order valence-corrected chi connectivity index (χ0v) is 26.4. The van der Waals surface area contributed by atoms with Gasteiger partial charge in [0.2, 0.25) is 5.91 Å². The van der Waals surface area contributed by atoms with Gasteiger partial charge in [0.05, 0.1) is 18.8 Å². The van der Waals surface area contributed by atoms with Gasteiger partial charge in [-0.25, -0.2) is 0 Å². The van der Waals surface area contributed by atoms with Crippen molar-refractivity contribution in [2.75, 3.05) is 6.61 Å². The smallest absolute Gasteiger partial charge is 0.220 e. The van der Waals surface area contributed by atoms with E-state index in [-0.39, 0.29) is 12.5 Å². The lowest BCUT2D eigenvalue weighted by molar-refractivity contribution is -0.123. The number of allylic oxidation sites excluding steroid dienone is 1. The highest BCUT2D eigenvalue weighted by Crippen LogP contribution is 2.14. The van der Waals surface area contributed by atoms with Crippen LogP contribution in [0.15, 0.2) is 12.2 Å². The highest BCUT2D eigenvalue weighted by Gasteiger charge is 2.17. The fourth-order valence-electron chi connectivity index (χ4n) is 5.29. The van der Waals surface area contributed by atoms with Crippen molar-refractivity contribution in [3.8, 4) is 0 Å². The molecule has 0 unspecified atom stereocenters. The molecule has 2 atom stereocenters. The molecule has 0 saturated carbocycles. The van der Waals surface area contributed by atoms with Crippen LogP contribution in [0.1, 0.15) is 187 Å². The van der Waals surface area contributed by atoms with Crippen molar-refractivity contribution in [3.63, 3.8) is 0 Å². The molecule has 0 radical (unpaired) electrons. The molecule has 0 aliphatic carbocycles. The number of nitrogens with one attached hydrogen (secondary N) is 1. The van der Waals surface area contributed by atoms with E-state index >= 15 is 0 Å². The SMILES string of the molecule is CCCCCCCCCCCCCCC=C[C@@H](O)[C@H](CO)NC(=O)CCCCCCCCCCCCCCC. The van der Waals surface area contributed by atoms with Crippen LogP contribution in [0.25, 0.3) is 0 Å². The predicted octanol–water partition coefficient (Wildman–Crippen LogP) is 9.95. The van der Waals surface area contributed by atoms with Crippen molar-refractivity contribution in [2.24, 2.45) is 0 Å². The summed E-state index contributed by atoms with van der Waals surface area (Å²) in [6.45, 7) is 4.29. The number of hydrogen-bond donors (Lipinski definition) is 3. The number of unbranched alkanes of at least 4 members (excludes halogenated alkanes) is 24. The molecule has 0 aromatic rings. The van der Waals surface area contributed by atoms with Crippen LogP contribution in [0.2, 0.25) is 0 Å². The maximum atomic E-state index is 12.3. The second kappa shape index (κ2) is 31.7. The van der Waals surface area contributed by atoms with Crippen LogP contribution in [-0.4, -0.2) is 34.9 Å². The number of amides is 1. The molecule has 39 heavy (non-hydrogen) atoms. The fraction of sp³-hybridized carbons (Fsp3) is 0.914. The van der Waals surface area contributed by atoms with Crippen molar-refractivity contribution in [2.45, 2.75) is 199 Å². The number of carbonyl (C=O) groups is 1. The Bertz CT molecular complexity index is 522. The Morgan fingerprint density at radius 1 is 0.590 bits per heavy atom. The first-order valence-corrected chi connectivity index (χ1v) is 17.4. The van der Waals surface area contributed by atoms with Crippen LogP contribution >= 0.6 is 0 Å². The van der Waals surface area contributed by atoms with Crippen molar-refractivity contribution in [3.05, 3.63) is 12.2 Å². The summed E-state index contributed by atoms with van der Waals surface area (Å²) in [5.41, 5.74) is 0. The molecule has 0 saturated heterocycles. The fourth-order valence-corrected chi connectivity index (χ4v) is 5.29. The zero-order valence-electron chi connectivity index (χ0n) is 26.4. The molecule has 0 heterocycles. The Kier molecular flexibility index (Phi) is 30.9. The van der Waals surface area contributed by atoms with E-state index in [1.165, 1.54) is 141 Å². The van der Waals surface area contributed by atoms with Gasteiger partial charge in [-0.05, 0) is 19.3 Å². The molecule has 0 bridgehead atoms. The lowest BCUT2D eigenvalue weighted by Gasteiger charge is -2.20. The molecule has 1 amide bonds. The summed E-state index contributed by atoms with van der Waals surface area (Å²) in [7, 11) is 0. The van der Waals surface area contributed by atoms with E-state index in [2.05, 4.69) is 19.2 Å². The van der Waals surface area contributed by atoms with Gasteiger partial charge < -0.3 is 15.5 Å². The van der Waals surface area contributed by atoms with Crippen LogP contribution in [0, 0.1) is 0 Å². The first-order valence-electron chi connectivity index (χ1n) is 17.4. The Morgan fingerprint density at radius 2 is 0.949 bits per heavy atom. The van der Waals surface area contributed by atoms with Gasteiger partial charge in [-0.3, -0.25) is 4.79 Å². The molecule has 0 rings (SSSR count). The quantitative estimate of drug-likeness (QED) is 0.0593. The maximum Gasteiger partial charge on any atom is 0.220 e. The average molecular weight is 552 g/mol. The molecular formula is C35H69NO3.